The summed E-state index contributed by atoms with van der Waals surface area (Å²) in [4.78, 5) is 11.6. The summed E-state index contributed by atoms with van der Waals surface area (Å²) in [6, 6.07) is 0. The highest BCUT2D eigenvalue weighted by Gasteiger charge is 2.38. The van der Waals surface area contributed by atoms with Gasteiger partial charge in [-0.15, -0.1) is 0 Å². The van der Waals surface area contributed by atoms with Gasteiger partial charge in [0.1, 0.15) is 5.60 Å². The molecule has 0 spiro atoms. The smallest absolute Gasteiger partial charge is 0.306 e. The summed E-state index contributed by atoms with van der Waals surface area (Å²) < 4.78 is 10.9. The van der Waals surface area contributed by atoms with E-state index in [1.54, 1.807) is 0 Å². The Morgan fingerprint density at radius 2 is 1.68 bits per heavy atom. The van der Waals surface area contributed by atoms with E-state index >= 15 is 0 Å². The van der Waals surface area contributed by atoms with E-state index in [-0.39, 0.29) is 11.6 Å². The lowest BCUT2D eigenvalue weighted by atomic mass is 10.1. The third kappa shape index (κ3) is 8.25. The minimum Gasteiger partial charge on any atom is -0.460 e. The Kier molecular flexibility index (Phi) is 6.84. The topological polar surface area (TPSA) is 38.8 Å². The molecule has 0 saturated carbocycles. The van der Waals surface area contributed by atoms with Crippen LogP contribution in [0.4, 0.5) is 0 Å². The molecule has 0 unspecified atom stereocenters. The predicted molar refractivity (Wildman–Crippen MR) is 77.1 cm³/mol. The Bertz CT molecular complexity index is 268. The molecule has 0 aromatic heterocycles. The lowest BCUT2D eigenvalue weighted by Crippen LogP contribution is -2.23. The van der Waals surface area contributed by atoms with Crippen molar-refractivity contribution >= 4 is 5.97 Å². The zero-order valence-corrected chi connectivity index (χ0v) is 13.0. The van der Waals surface area contributed by atoms with Crippen LogP contribution in [0.25, 0.3) is 0 Å². The SMILES string of the molecule is CCCCCCC[C@H]1O[C@H]1CCC(=O)OC(C)(C)C. The molecule has 0 amide bonds. The summed E-state index contributed by atoms with van der Waals surface area (Å²) in [5.41, 5.74) is -0.375. The highest BCUT2D eigenvalue weighted by Crippen LogP contribution is 2.31. The summed E-state index contributed by atoms with van der Waals surface area (Å²) in [6.45, 7) is 7.93. The van der Waals surface area contributed by atoms with Gasteiger partial charge < -0.3 is 9.47 Å². The van der Waals surface area contributed by atoms with Crippen LogP contribution in [0.5, 0.6) is 0 Å². The summed E-state index contributed by atoms with van der Waals surface area (Å²) in [5.74, 6) is -0.107. The van der Waals surface area contributed by atoms with Crippen molar-refractivity contribution < 1.29 is 14.3 Å². The van der Waals surface area contributed by atoms with E-state index in [0.29, 0.717) is 18.6 Å². The molecule has 0 bridgehead atoms. The van der Waals surface area contributed by atoms with Crippen LogP contribution in [0.15, 0.2) is 0 Å². The molecule has 0 aromatic carbocycles. The minimum atomic E-state index is -0.375. The molecule has 2 atom stereocenters. The van der Waals surface area contributed by atoms with Gasteiger partial charge in [0.15, 0.2) is 0 Å². The molecule has 1 heterocycles. The van der Waals surface area contributed by atoms with E-state index in [1.807, 2.05) is 20.8 Å². The Hall–Kier alpha value is -0.570. The molecule has 0 aromatic rings. The predicted octanol–water partition coefficient (Wildman–Crippen LogP) is 4.24. The first-order valence-electron chi connectivity index (χ1n) is 7.79. The molecule has 0 aliphatic carbocycles. The molecule has 1 aliphatic heterocycles. The molecular weight excluding hydrogens is 240 g/mol. The van der Waals surface area contributed by atoms with E-state index < -0.39 is 0 Å². The largest absolute Gasteiger partial charge is 0.460 e. The highest BCUT2D eigenvalue weighted by molar-refractivity contribution is 5.69. The summed E-state index contributed by atoms with van der Waals surface area (Å²) >= 11 is 0. The second-order valence-corrected chi connectivity index (χ2v) is 6.54. The number of unbranched alkanes of at least 4 members (excludes halogenated alkanes) is 4. The number of ether oxygens (including phenoxy) is 2. The average molecular weight is 270 g/mol. The second kappa shape index (κ2) is 7.88. The molecule has 1 aliphatic rings. The first-order chi connectivity index (χ1) is 8.92. The number of epoxide rings is 1. The van der Waals surface area contributed by atoms with Crippen LogP contribution in [0.2, 0.25) is 0 Å². The fraction of sp³-hybridized carbons (Fsp3) is 0.938. The van der Waals surface area contributed by atoms with Gasteiger partial charge in [-0.3, -0.25) is 4.79 Å². The van der Waals surface area contributed by atoms with Crippen LogP contribution >= 0.6 is 0 Å². The summed E-state index contributed by atoms with van der Waals surface area (Å²) in [6.07, 6.45) is 9.70. The average Bonchev–Trinajstić information content (AvgIpc) is 3.03. The Morgan fingerprint density at radius 1 is 1.05 bits per heavy atom. The van der Waals surface area contributed by atoms with Gasteiger partial charge in [-0.05, 0) is 33.6 Å². The van der Waals surface area contributed by atoms with Crippen LogP contribution in [0, 0.1) is 0 Å². The molecule has 1 fully saturated rings. The number of carbonyl (C=O) groups is 1. The van der Waals surface area contributed by atoms with Gasteiger partial charge in [0.2, 0.25) is 0 Å². The molecule has 0 N–H and O–H groups in total. The van der Waals surface area contributed by atoms with Crippen LogP contribution in [0.1, 0.15) is 79.1 Å². The van der Waals surface area contributed by atoms with Crippen molar-refractivity contribution in [3.8, 4) is 0 Å². The summed E-state index contributed by atoms with van der Waals surface area (Å²) in [7, 11) is 0. The molecular formula is C16H30O3. The van der Waals surface area contributed by atoms with Crippen molar-refractivity contribution in [3.63, 3.8) is 0 Å². The lowest BCUT2D eigenvalue weighted by Gasteiger charge is -2.19. The fourth-order valence-electron chi connectivity index (χ4n) is 2.29. The fourth-order valence-corrected chi connectivity index (χ4v) is 2.29. The van der Waals surface area contributed by atoms with Gasteiger partial charge in [0.05, 0.1) is 12.2 Å². The molecule has 0 radical (unpaired) electrons. The van der Waals surface area contributed by atoms with Crippen molar-refractivity contribution in [1.82, 2.24) is 0 Å². The molecule has 3 heteroatoms. The van der Waals surface area contributed by atoms with Crippen LogP contribution in [-0.4, -0.2) is 23.8 Å². The maximum absolute atomic E-state index is 11.6. The Labute approximate surface area is 118 Å². The van der Waals surface area contributed by atoms with E-state index in [4.69, 9.17) is 9.47 Å². The van der Waals surface area contributed by atoms with Gasteiger partial charge >= 0.3 is 5.97 Å². The van der Waals surface area contributed by atoms with Crippen molar-refractivity contribution in [2.24, 2.45) is 0 Å². The van der Waals surface area contributed by atoms with E-state index in [0.717, 1.165) is 12.8 Å². The molecule has 1 saturated heterocycles. The number of rotatable bonds is 9. The zero-order chi connectivity index (χ0) is 14.3. The van der Waals surface area contributed by atoms with Crippen molar-refractivity contribution in [2.45, 2.75) is 96.9 Å². The van der Waals surface area contributed by atoms with Crippen molar-refractivity contribution in [2.75, 3.05) is 0 Å². The van der Waals surface area contributed by atoms with Crippen LogP contribution < -0.4 is 0 Å². The number of hydrogen-bond donors (Lipinski definition) is 0. The van der Waals surface area contributed by atoms with Gasteiger partial charge in [-0.2, -0.15) is 0 Å². The van der Waals surface area contributed by atoms with E-state index in [1.165, 1.54) is 32.1 Å². The first kappa shape index (κ1) is 16.5. The normalized spacial score (nSPS) is 22.3. The van der Waals surface area contributed by atoms with E-state index in [9.17, 15) is 4.79 Å². The highest BCUT2D eigenvalue weighted by atomic mass is 16.6. The minimum absolute atomic E-state index is 0.107. The van der Waals surface area contributed by atoms with Gasteiger partial charge in [0.25, 0.3) is 0 Å². The number of hydrogen-bond acceptors (Lipinski definition) is 3. The van der Waals surface area contributed by atoms with Crippen LogP contribution in [0.3, 0.4) is 0 Å². The van der Waals surface area contributed by atoms with E-state index in [2.05, 4.69) is 6.92 Å². The third-order valence-electron chi connectivity index (χ3n) is 3.33. The third-order valence-corrected chi connectivity index (χ3v) is 3.33. The standard InChI is InChI=1S/C16H30O3/c1-5-6-7-8-9-10-13-14(18-13)11-12-15(17)19-16(2,3)4/h13-14H,5-12H2,1-4H3/t13-,14+/m1/s1. The Balaban J connectivity index is 1.97. The van der Waals surface area contributed by atoms with Crippen molar-refractivity contribution in [1.29, 1.82) is 0 Å². The summed E-state index contributed by atoms with van der Waals surface area (Å²) in [5, 5.41) is 0. The molecule has 19 heavy (non-hydrogen) atoms. The molecule has 1 rings (SSSR count). The second-order valence-electron chi connectivity index (χ2n) is 6.54. The quantitative estimate of drug-likeness (QED) is 0.357. The monoisotopic (exact) mass is 270 g/mol. The maximum Gasteiger partial charge on any atom is 0.306 e. The zero-order valence-electron chi connectivity index (χ0n) is 13.0. The van der Waals surface area contributed by atoms with Gasteiger partial charge in [-0.1, -0.05) is 39.0 Å². The Morgan fingerprint density at radius 3 is 2.32 bits per heavy atom. The maximum atomic E-state index is 11.6. The van der Waals surface area contributed by atoms with Gasteiger partial charge in [0, 0.05) is 6.42 Å². The first-order valence-corrected chi connectivity index (χ1v) is 7.79. The van der Waals surface area contributed by atoms with Crippen molar-refractivity contribution in [3.05, 3.63) is 0 Å². The lowest BCUT2D eigenvalue weighted by molar-refractivity contribution is -0.155. The van der Waals surface area contributed by atoms with Gasteiger partial charge in [-0.25, -0.2) is 0 Å². The molecule has 112 valence electrons. The number of carbonyl (C=O) groups excluding carboxylic acids is 1. The number of esters is 1. The van der Waals surface area contributed by atoms with Crippen LogP contribution in [-0.2, 0) is 14.3 Å². The molecule has 3 nitrogen and oxygen atoms in total.